The molecule has 1 saturated carbocycles. The molecule has 33 heavy (non-hydrogen) atoms. The van der Waals surface area contributed by atoms with E-state index in [-0.39, 0.29) is 30.8 Å². The topological polar surface area (TPSA) is 105 Å². The summed E-state index contributed by atoms with van der Waals surface area (Å²) >= 11 is 0. The molecule has 0 atom stereocenters. The molecular formula is C26H30N2O5. The summed E-state index contributed by atoms with van der Waals surface area (Å²) in [7, 11) is 0. The molecule has 4 rings (SSSR count). The van der Waals surface area contributed by atoms with Crippen molar-refractivity contribution in [2.75, 3.05) is 19.7 Å². The van der Waals surface area contributed by atoms with Crippen LogP contribution in [0.5, 0.6) is 0 Å². The van der Waals surface area contributed by atoms with Crippen molar-refractivity contribution in [3.8, 4) is 11.1 Å². The fourth-order valence-corrected chi connectivity index (χ4v) is 4.89. The van der Waals surface area contributed by atoms with Gasteiger partial charge in [-0.3, -0.25) is 9.59 Å². The molecule has 7 nitrogen and oxygen atoms in total. The number of rotatable bonds is 10. The predicted molar refractivity (Wildman–Crippen MR) is 124 cm³/mol. The highest BCUT2D eigenvalue weighted by molar-refractivity contribution is 5.79. The van der Waals surface area contributed by atoms with Crippen molar-refractivity contribution >= 4 is 18.0 Å². The Morgan fingerprint density at radius 2 is 1.55 bits per heavy atom. The van der Waals surface area contributed by atoms with Gasteiger partial charge in [-0.25, -0.2) is 4.79 Å². The summed E-state index contributed by atoms with van der Waals surface area (Å²) in [6, 6.07) is 16.4. The van der Waals surface area contributed by atoms with Gasteiger partial charge in [0.15, 0.2) is 0 Å². The fourth-order valence-electron chi connectivity index (χ4n) is 4.89. The Morgan fingerprint density at radius 1 is 0.909 bits per heavy atom. The Morgan fingerprint density at radius 3 is 2.18 bits per heavy atom. The fraction of sp³-hybridized carbons (Fsp3) is 0.423. The van der Waals surface area contributed by atoms with Crippen LogP contribution in [0.3, 0.4) is 0 Å². The molecule has 2 amide bonds. The summed E-state index contributed by atoms with van der Waals surface area (Å²) in [6.45, 7) is 1.23. The molecule has 2 aliphatic carbocycles. The number of carbonyl (C=O) groups excluding carboxylic acids is 2. The van der Waals surface area contributed by atoms with Crippen molar-refractivity contribution in [1.82, 2.24) is 10.6 Å². The van der Waals surface area contributed by atoms with E-state index >= 15 is 0 Å². The molecule has 0 aliphatic heterocycles. The molecule has 0 spiro atoms. The lowest BCUT2D eigenvalue weighted by atomic mass is 9.73. The van der Waals surface area contributed by atoms with Crippen LogP contribution in [-0.2, 0) is 14.3 Å². The first-order valence-electron chi connectivity index (χ1n) is 11.6. The highest BCUT2D eigenvalue weighted by Crippen LogP contribution is 2.44. The summed E-state index contributed by atoms with van der Waals surface area (Å²) in [5, 5.41) is 14.4. The normalized spacial score (nSPS) is 18.5. The molecule has 2 aromatic rings. The van der Waals surface area contributed by atoms with Gasteiger partial charge in [-0.15, -0.1) is 0 Å². The average molecular weight is 451 g/mol. The summed E-state index contributed by atoms with van der Waals surface area (Å²) in [4.78, 5) is 34.8. The predicted octanol–water partition coefficient (Wildman–Crippen LogP) is 3.92. The van der Waals surface area contributed by atoms with Crippen LogP contribution in [0.1, 0.15) is 49.1 Å². The number of carboxylic acids is 1. The maximum Gasteiger partial charge on any atom is 0.407 e. The number of carboxylic acid groups (broad SMARTS) is 1. The molecule has 0 bridgehead atoms. The maximum absolute atomic E-state index is 12.2. The van der Waals surface area contributed by atoms with Crippen LogP contribution in [0, 0.1) is 11.8 Å². The lowest BCUT2D eigenvalue weighted by Gasteiger charge is -2.34. The third-order valence-corrected chi connectivity index (χ3v) is 6.58. The summed E-state index contributed by atoms with van der Waals surface area (Å²) in [6.07, 6.45) is 2.31. The number of fused-ring (bicyclic) bond motifs is 3. The van der Waals surface area contributed by atoms with E-state index in [1.807, 2.05) is 24.3 Å². The monoisotopic (exact) mass is 450 g/mol. The van der Waals surface area contributed by atoms with Gasteiger partial charge in [-0.1, -0.05) is 48.5 Å². The Balaban J connectivity index is 1.11. The third kappa shape index (κ3) is 5.72. The number of hydrogen-bond acceptors (Lipinski definition) is 4. The minimum atomic E-state index is -0.758. The summed E-state index contributed by atoms with van der Waals surface area (Å²) < 4.78 is 5.49. The van der Waals surface area contributed by atoms with E-state index in [4.69, 9.17) is 9.84 Å². The second-order valence-corrected chi connectivity index (χ2v) is 8.96. The Hall–Kier alpha value is -3.35. The van der Waals surface area contributed by atoms with E-state index in [9.17, 15) is 14.4 Å². The number of aliphatic carboxylic acids is 1. The average Bonchev–Trinajstić information content (AvgIpc) is 3.10. The van der Waals surface area contributed by atoms with E-state index in [1.54, 1.807) is 0 Å². The van der Waals surface area contributed by atoms with Crippen molar-refractivity contribution in [3.63, 3.8) is 0 Å². The van der Waals surface area contributed by atoms with Crippen molar-refractivity contribution in [1.29, 1.82) is 0 Å². The van der Waals surface area contributed by atoms with Gasteiger partial charge >= 0.3 is 12.1 Å². The number of benzene rings is 2. The highest BCUT2D eigenvalue weighted by Gasteiger charge is 2.31. The zero-order chi connectivity index (χ0) is 23.2. The van der Waals surface area contributed by atoms with Crippen molar-refractivity contribution in [3.05, 3.63) is 59.7 Å². The van der Waals surface area contributed by atoms with Crippen LogP contribution in [0.15, 0.2) is 48.5 Å². The zero-order valence-electron chi connectivity index (χ0n) is 18.6. The van der Waals surface area contributed by atoms with Crippen LogP contribution < -0.4 is 10.6 Å². The van der Waals surface area contributed by atoms with E-state index in [0.29, 0.717) is 31.8 Å². The van der Waals surface area contributed by atoms with Gasteiger partial charge in [0, 0.05) is 31.8 Å². The van der Waals surface area contributed by atoms with Gasteiger partial charge in [-0.2, -0.15) is 0 Å². The molecule has 3 N–H and O–H groups in total. The number of nitrogens with one attached hydrogen (secondary N) is 2. The third-order valence-electron chi connectivity index (χ3n) is 6.58. The van der Waals surface area contributed by atoms with E-state index < -0.39 is 12.1 Å². The minimum absolute atomic E-state index is 0.0236. The molecule has 2 aliphatic rings. The van der Waals surface area contributed by atoms with Gasteiger partial charge in [-0.05, 0) is 53.4 Å². The first-order chi connectivity index (χ1) is 16.0. The van der Waals surface area contributed by atoms with Gasteiger partial charge < -0.3 is 20.5 Å². The SMILES string of the molecule is O=C(O)CC1CC(CNC(=O)CCCNC(=O)OCC2c3ccccc3-c3ccccc32)C1. The van der Waals surface area contributed by atoms with Gasteiger partial charge in [0.25, 0.3) is 0 Å². The Kier molecular flexibility index (Phi) is 7.27. The van der Waals surface area contributed by atoms with Gasteiger partial charge in [0.2, 0.25) is 5.91 Å². The number of amides is 2. The number of hydrogen-bond donors (Lipinski definition) is 3. The van der Waals surface area contributed by atoms with E-state index in [0.717, 1.165) is 12.8 Å². The molecule has 0 heterocycles. The molecule has 1 fully saturated rings. The molecule has 0 unspecified atom stereocenters. The smallest absolute Gasteiger partial charge is 0.407 e. The number of carbonyl (C=O) groups is 3. The van der Waals surface area contributed by atoms with Gasteiger partial charge in [0.05, 0.1) is 0 Å². The molecular weight excluding hydrogens is 420 g/mol. The first-order valence-corrected chi connectivity index (χ1v) is 11.6. The molecule has 2 aromatic carbocycles. The standard InChI is InChI=1S/C26H30N2O5/c29-24(28-15-18-12-17(13-18)14-25(30)31)10-5-11-27-26(32)33-16-23-21-8-3-1-6-19(21)20-7-2-4-9-22(20)23/h1-4,6-9,17-18,23H,5,10-16H2,(H,27,32)(H,28,29)(H,30,31). The van der Waals surface area contributed by atoms with Crippen molar-refractivity contribution < 1.29 is 24.2 Å². The summed E-state index contributed by atoms with van der Waals surface area (Å²) in [5.41, 5.74) is 4.72. The second kappa shape index (κ2) is 10.5. The van der Waals surface area contributed by atoms with Crippen LogP contribution in [0.4, 0.5) is 4.79 Å². The largest absolute Gasteiger partial charge is 0.481 e. The number of ether oxygens (including phenoxy) is 1. The van der Waals surface area contributed by atoms with Crippen LogP contribution >= 0.6 is 0 Å². The minimum Gasteiger partial charge on any atom is -0.481 e. The van der Waals surface area contributed by atoms with Crippen LogP contribution in [-0.4, -0.2) is 42.8 Å². The van der Waals surface area contributed by atoms with Crippen LogP contribution in [0.2, 0.25) is 0 Å². The van der Waals surface area contributed by atoms with Crippen molar-refractivity contribution in [2.45, 2.75) is 38.0 Å². The van der Waals surface area contributed by atoms with E-state index in [1.165, 1.54) is 22.3 Å². The lowest BCUT2D eigenvalue weighted by molar-refractivity contribution is -0.139. The molecule has 0 aromatic heterocycles. The van der Waals surface area contributed by atoms with Crippen LogP contribution in [0.25, 0.3) is 11.1 Å². The molecule has 174 valence electrons. The quantitative estimate of drug-likeness (QED) is 0.476. The molecule has 0 saturated heterocycles. The maximum atomic E-state index is 12.2. The highest BCUT2D eigenvalue weighted by atomic mass is 16.5. The lowest BCUT2D eigenvalue weighted by Crippen LogP contribution is -2.37. The molecule has 0 radical (unpaired) electrons. The molecule has 7 heteroatoms. The van der Waals surface area contributed by atoms with E-state index in [2.05, 4.69) is 34.9 Å². The zero-order valence-corrected chi connectivity index (χ0v) is 18.6. The Labute approximate surface area is 193 Å². The van der Waals surface area contributed by atoms with Crippen molar-refractivity contribution in [2.24, 2.45) is 11.8 Å². The Bertz CT molecular complexity index is 970. The number of alkyl carbamates (subject to hydrolysis) is 1. The summed E-state index contributed by atoms with van der Waals surface area (Å²) in [5.74, 6) is -0.170. The first kappa shape index (κ1) is 22.8. The second-order valence-electron chi connectivity index (χ2n) is 8.96. The van der Waals surface area contributed by atoms with Gasteiger partial charge in [0.1, 0.15) is 6.61 Å².